The lowest BCUT2D eigenvalue weighted by Gasteiger charge is -2.15. The largest absolute Gasteiger partial charge is 0.497 e. The molecule has 1 heterocycles. The van der Waals surface area contributed by atoms with Crippen molar-refractivity contribution >= 4 is 69.3 Å². The number of carbonyl (C=O) groups excluding carboxylic acids is 3. The van der Waals surface area contributed by atoms with Gasteiger partial charge >= 0.3 is 0 Å². The van der Waals surface area contributed by atoms with E-state index in [1.54, 1.807) is 72.8 Å². The Kier molecular flexibility index (Phi) is 12.1. The smallest absolute Gasteiger partial charge is 0.272 e. The van der Waals surface area contributed by atoms with Crippen molar-refractivity contribution in [1.29, 1.82) is 0 Å². The van der Waals surface area contributed by atoms with Gasteiger partial charge in [-0.05, 0) is 67.1 Å². The van der Waals surface area contributed by atoms with Crippen LogP contribution >= 0.6 is 34.7 Å². The highest BCUT2D eigenvalue weighted by Crippen LogP contribution is 2.32. The summed E-state index contributed by atoms with van der Waals surface area (Å²) in [7, 11) is 3.05. The molecule has 0 bridgehead atoms. The lowest BCUT2D eigenvalue weighted by Crippen LogP contribution is -2.30. The molecule has 1 atom stereocenters. The maximum atomic E-state index is 13.7. The number of nitrogens with one attached hydrogen (secondary N) is 3. The van der Waals surface area contributed by atoms with Crippen LogP contribution in [0.15, 0.2) is 113 Å². The Balaban J connectivity index is 1.32. The predicted molar refractivity (Wildman–Crippen MR) is 198 cm³/mol. The van der Waals surface area contributed by atoms with Gasteiger partial charge < -0.3 is 25.4 Å². The van der Waals surface area contributed by atoms with Gasteiger partial charge in [0.25, 0.3) is 11.8 Å². The van der Waals surface area contributed by atoms with Crippen molar-refractivity contribution in [2.45, 2.75) is 23.5 Å². The van der Waals surface area contributed by atoms with Crippen LogP contribution in [0.3, 0.4) is 0 Å². The summed E-state index contributed by atoms with van der Waals surface area (Å²) < 4.78 is 10.8. The Morgan fingerprint density at radius 2 is 1.69 bits per heavy atom. The summed E-state index contributed by atoms with van der Waals surface area (Å²) in [4.78, 5) is 45.4. The first-order valence-corrected chi connectivity index (χ1v) is 17.3. The van der Waals surface area contributed by atoms with E-state index in [0.717, 1.165) is 10.5 Å². The van der Waals surface area contributed by atoms with Crippen molar-refractivity contribution < 1.29 is 23.9 Å². The van der Waals surface area contributed by atoms with E-state index in [-0.39, 0.29) is 11.6 Å². The molecule has 49 heavy (non-hydrogen) atoms. The molecule has 3 N–H and O–H groups in total. The number of carbonyl (C=O) groups is 3. The number of methoxy groups -OCH3 is 2. The summed E-state index contributed by atoms with van der Waals surface area (Å²) in [5.74, 6) is -0.164. The third-order valence-electron chi connectivity index (χ3n) is 7.18. The number of hydrogen-bond acceptors (Lipinski definition) is 8. The lowest BCUT2D eigenvalue weighted by atomic mass is 10.1. The maximum absolute atomic E-state index is 13.7. The van der Waals surface area contributed by atoms with E-state index in [2.05, 4.69) is 20.9 Å². The molecule has 0 fully saturated rings. The fourth-order valence-electron chi connectivity index (χ4n) is 4.69. The molecule has 5 aromatic rings. The second-order valence-corrected chi connectivity index (χ2v) is 13.0. The first-order valence-electron chi connectivity index (χ1n) is 15.2. The summed E-state index contributed by atoms with van der Waals surface area (Å²) in [6, 6.07) is 28.3. The monoisotopic (exact) mass is 712 g/mol. The highest BCUT2D eigenvalue weighted by atomic mass is 35.5. The van der Waals surface area contributed by atoms with E-state index in [4.69, 9.17) is 21.1 Å². The van der Waals surface area contributed by atoms with Gasteiger partial charge in [0, 0.05) is 37.7 Å². The van der Waals surface area contributed by atoms with Gasteiger partial charge in [0.05, 0.1) is 25.2 Å². The summed E-state index contributed by atoms with van der Waals surface area (Å²) in [6.07, 6.45) is 2.08. The Bertz CT molecular complexity index is 1980. The number of hydrogen-bond donors (Lipinski definition) is 3. The van der Waals surface area contributed by atoms with Gasteiger partial charge in [0.2, 0.25) is 5.91 Å². The molecule has 0 radical (unpaired) electrons. The first kappa shape index (κ1) is 35.2. The number of rotatable bonds is 13. The van der Waals surface area contributed by atoms with Crippen molar-refractivity contribution in [2.24, 2.45) is 0 Å². The Hall–Kier alpha value is -5.10. The van der Waals surface area contributed by atoms with Gasteiger partial charge in [-0.1, -0.05) is 61.0 Å². The SMILES string of the molecule is CCC(Sc1cccc(NC(=O)/C(=C\c2cc(OC)ccc2OC)NC(=O)c2ccccc2)c1)C(=O)Nc1nc(-c2ccccc2Cl)cs1. The van der Waals surface area contributed by atoms with Gasteiger partial charge in [-0.2, -0.15) is 0 Å². The highest BCUT2D eigenvalue weighted by molar-refractivity contribution is 8.00. The molecule has 250 valence electrons. The molecule has 1 aromatic heterocycles. The molecular weight excluding hydrogens is 680 g/mol. The highest BCUT2D eigenvalue weighted by Gasteiger charge is 2.21. The topological polar surface area (TPSA) is 119 Å². The second-order valence-electron chi connectivity index (χ2n) is 10.5. The average molecular weight is 713 g/mol. The summed E-state index contributed by atoms with van der Waals surface area (Å²) >= 11 is 9.02. The predicted octanol–water partition coefficient (Wildman–Crippen LogP) is 8.40. The zero-order valence-corrected chi connectivity index (χ0v) is 29.2. The Morgan fingerprint density at radius 3 is 2.43 bits per heavy atom. The number of thioether (sulfide) groups is 1. The molecule has 1 unspecified atom stereocenters. The fourth-order valence-corrected chi connectivity index (χ4v) is 6.65. The standard InChI is InChI=1S/C37H33ClN4O5S2/c1-4-33(36(45)42-37-41-31(22-48-37)28-15-8-9-16-29(28)38)49-27-14-10-13-25(21-27)39-35(44)30(40-34(43)23-11-6-5-7-12-23)20-24-19-26(46-2)17-18-32(24)47-3/h5-22,33H,4H2,1-3H3,(H,39,44)(H,40,43)(H,41,42,45)/b30-20+. The number of thiazole rings is 1. The number of aromatic nitrogens is 1. The van der Waals surface area contributed by atoms with E-state index >= 15 is 0 Å². The quantitative estimate of drug-likeness (QED) is 0.0829. The van der Waals surface area contributed by atoms with E-state index in [0.29, 0.717) is 50.6 Å². The number of halogens is 1. The number of nitrogens with zero attached hydrogens (tertiary/aromatic N) is 1. The van der Waals surface area contributed by atoms with Crippen molar-refractivity contribution in [3.8, 4) is 22.8 Å². The summed E-state index contributed by atoms with van der Waals surface area (Å²) in [5, 5.41) is 11.0. The molecule has 5 rings (SSSR count). The molecular formula is C37H33ClN4O5S2. The van der Waals surface area contributed by atoms with Crippen molar-refractivity contribution in [3.63, 3.8) is 0 Å². The number of benzene rings is 4. The number of amides is 3. The third-order valence-corrected chi connectivity index (χ3v) is 9.63. The summed E-state index contributed by atoms with van der Waals surface area (Å²) in [6.45, 7) is 1.93. The van der Waals surface area contributed by atoms with Crippen LogP contribution in [0.25, 0.3) is 17.3 Å². The average Bonchev–Trinajstić information content (AvgIpc) is 3.58. The molecule has 0 aliphatic heterocycles. The van der Waals surface area contributed by atoms with Crippen molar-refractivity contribution in [1.82, 2.24) is 10.3 Å². The molecule has 3 amide bonds. The minimum Gasteiger partial charge on any atom is -0.497 e. The van der Waals surface area contributed by atoms with Gasteiger partial charge in [0.1, 0.15) is 17.2 Å². The first-order chi connectivity index (χ1) is 23.8. The molecule has 0 aliphatic carbocycles. The van der Waals surface area contributed by atoms with E-state index < -0.39 is 17.1 Å². The second kappa shape index (κ2) is 16.8. The van der Waals surface area contributed by atoms with Gasteiger partial charge in [-0.3, -0.25) is 14.4 Å². The fraction of sp³-hybridized carbons (Fsp3) is 0.135. The molecule has 4 aromatic carbocycles. The zero-order valence-electron chi connectivity index (χ0n) is 26.9. The molecule has 12 heteroatoms. The third kappa shape index (κ3) is 9.29. The molecule has 0 saturated heterocycles. The van der Waals surface area contributed by atoms with Crippen LogP contribution in [0.1, 0.15) is 29.3 Å². The van der Waals surface area contributed by atoms with Crippen molar-refractivity contribution in [3.05, 3.63) is 124 Å². The van der Waals surface area contributed by atoms with E-state index in [1.807, 2.05) is 36.6 Å². The van der Waals surface area contributed by atoms with E-state index in [9.17, 15) is 14.4 Å². The van der Waals surface area contributed by atoms with Crippen LogP contribution in [0.4, 0.5) is 10.8 Å². The van der Waals surface area contributed by atoms with Crippen LogP contribution in [0.5, 0.6) is 11.5 Å². The van der Waals surface area contributed by atoms with Crippen LogP contribution in [0, 0.1) is 0 Å². The molecule has 0 aliphatic rings. The molecule has 9 nitrogen and oxygen atoms in total. The maximum Gasteiger partial charge on any atom is 0.272 e. The summed E-state index contributed by atoms with van der Waals surface area (Å²) in [5.41, 5.74) is 2.87. The van der Waals surface area contributed by atoms with Gasteiger partial charge in [-0.25, -0.2) is 4.98 Å². The van der Waals surface area contributed by atoms with Crippen LogP contribution in [-0.2, 0) is 9.59 Å². The normalized spacial score (nSPS) is 11.7. The van der Waals surface area contributed by atoms with Crippen LogP contribution in [-0.4, -0.2) is 42.2 Å². The minimum absolute atomic E-state index is 0.0103. The molecule has 0 saturated carbocycles. The molecule has 0 spiro atoms. The zero-order chi connectivity index (χ0) is 34.8. The Morgan fingerprint density at radius 1 is 0.918 bits per heavy atom. The van der Waals surface area contributed by atoms with Crippen LogP contribution in [0.2, 0.25) is 5.02 Å². The lowest BCUT2D eigenvalue weighted by molar-refractivity contribution is -0.116. The van der Waals surface area contributed by atoms with E-state index in [1.165, 1.54) is 43.4 Å². The van der Waals surface area contributed by atoms with Gasteiger partial charge in [-0.15, -0.1) is 23.1 Å². The minimum atomic E-state index is -0.556. The van der Waals surface area contributed by atoms with Crippen LogP contribution < -0.4 is 25.4 Å². The Labute approximate surface area is 297 Å². The number of ether oxygens (including phenoxy) is 2. The number of anilines is 2. The van der Waals surface area contributed by atoms with Gasteiger partial charge in [0.15, 0.2) is 5.13 Å². The van der Waals surface area contributed by atoms with Crippen molar-refractivity contribution in [2.75, 3.05) is 24.9 Å².